The summed E-state index contributed by atoms with van der Waals surface area (Å²) in [6.45, 7) is 1.69. The van der Waals surface area contributed by atoms with Crippen molar-refractivity contribution in [2.45, 2.75) is 11.3 Å². The quantitative estimate of drug-likeness (QED) is 0.286. The van der Waals surface area contributed by atoms with Crippen molar-refractivity contribution in [3.05, 3.63) is 81.8 Å². The van der Waals surface area contributed by atoms with Gasteiger partial charge in [-0.2, -0.15) is 4.31 Å². The largest absolute Gasteiger partial charge is 0.353 e. The number of hydrogen-bond acceptors (Lipinski definition) is 5. The Morgan fingerprint density at radius 1 is 0.714 bits per heavy atom. The molecule has 0 N–H and O–H groups in total. The Labute approximate surface area is 219 Å². The van der Waals surface area contributed by atoms with Crippen LogP contribution in [0.1, 0.15) is 6.42 Å². The predicted molar refractivity (Wildman–Crippen MR) is 142 cm³/mol. The van der Waals surface area contributed by atoms with Crippen LogP contribution < -0.4 is 4.90 Å². The van der Waals surface area contributed by atoms with Crippen LogP contribution in [0.5, 0.6) is 0 Å². The first kappa shape index (κ1) is 24.3. The van der Waals surface area contributed by atoms with Crippen molar-refractivity contribution >= 4 is 61.7 Å². The molecular formula is C25H21Cl3N4O2S. The summed E-state index contributed by atoms with van der Waals surface area (Å²) in [5, 5.41) is 0.401. The summed E-state index contributed by atoms with van der Waals surface area (Å²) < 4.78 is 28.3. The SMILES string of the molecule is O=S(=O)(c1cc(Cl)c(Cl)cc1Cl)N1CCCN(c2nc3ccccc3nc2-c2ccccc2)CC1. The van der Waals surface area contributed by atoms with E-state index in [2.05, 4.69) is 4.90 Å². The molecule has 180 valence electrons. The van der Waals surface area contributed by atoms with Crippen molar-refractivity contribution < 1.29 is 8.42 Å². The standard InChI is InChI=1S/C25H21Cl3N4O2S/c26-18-15-20(28)23(16-19(18)27)35(33,34)32-12-6-11-31(13-14-32)25-24(17-7-2-1-3-8-17)29-21-9-4-5-10-22(21)30-25/h1-5,7-10,15-16H,6,11-14H2. The highest BCUT2D eigenvalue weighted by Crippen LogP contribution is 2.34. The second kappa shape index (κ2) is 9.91. The molecule has 0 amide bonds. The number of para-hydroxylation sites is 2. The zero-order valence-corrected chi connectivity index (χ0v) is 21.6. The van der Waals surface area contributed by atoms with Gasteiger partial charge in [0.25, 0.3) is 0 Å². The Kier molecular flexibility index (Phi) is 6.88. The van der Waals surface area contributed by atoms with E-state index in [1.165, 1.54) is 16.4 Å². The van der Waals surface area contributed by atoms with E-state index in [-0.39, 0.29) is 26.5 Å². The molecule has 5 rings (SSSR count). The fourth-order valence-corrected chi connectivity index (χ4v) is 6.63. The number of benzene rings is 3. The lowest BCUT2D eigenvalue weighted by molar-refractivity contribution is 0.433. The minimum absolute atomic E-state index is 0.0440. The summed E-state index contributed by atoms with van der Waals surface area (Å²) in [5.74, 6) is 0.738. The molecule has 0 aliphatic carbocycles. The molecule has 6 nitrogen and oxygen atoms in total. The van der Waals surface area contributed by atoms with Gasteiger partial charge in [-0.15, -0.1) is 0 Å². The topological polar surface area (TPSA) is 66.4 Å². The van der Waals surface area contributed by atoms with Crippen molar-refractivity contribution in [1.82, 2.24) is 14.3 Å². The van der Waals surface area contributed by atoms with E-state index in [1.54, 1.807) is 0 Å². The Hall–Kier alpha value is -2.42. The van der Waals surface area contributed by atoms with Gasteiger partial charge in [-0.05, 0) is 30.7 Å². The van der Waals surface area contributed by atoms with Crippen LogP contribution in [0.2, 0.25) is 15.1 Å². The molecule has 0 bridgehead atoms. The first-order valence-corrected chi connectivity index (χ1v) is 13.6. The van der Waals surface area contributed by atoms with Gasteiger partial charge in [-0.1, -0.05) is 77.3 Å². The Bertz CT molecular complexity index is 1500. The summed E-state index contributed by atoms with van der Waals surface area (Å²) in [7, 11) is -3.86. The third-order valence-electron chi connectivity index (χ3n) is 5.95. The van der Waals surface area contributed by atoms with Crippen LogP contribution in [0.3, 0.4) is 0 Å². The third-order valence-corrected chi connectivity index (χ3v) is 9.03. The lowest BCUT2D eigenvalue weighted by Crippen LogP contribution is -2.35. The maximum Gasteiger partial charge on any atom is 0.244 e. The second-order valence-electron chi connectivity index (χ2n) is 8.19. The minimum Gasteiger partial charge on any atom is -0.353 e. The van der Waals surface area contributed by atoms with Gasteiger partial charge < -0.3 is 4.90 Å². The van der Waals surface area contributed by atoms with Crippen LogP contribution in [0, 0.1) is 0 Å². The zero-order valence-electron chi connectivity index (χ0n) is 18.5. The second-order valence-corrected chi connectivity index (χ2v) is 11.3. The van der Waals surface area contributed by atoms with E-state index < -0.39 is 10.0 Å². The van der Waals surface area contributed by atoms with Gasteiger partial charge in [0, 0.05) is 31.7 Å². The number of rotatable bonds is 4. The van der Waals surface area contributed by atoms with Gasteiger partial charge in [0.2, 0.25) is 10.0 Å². The summed E-state index contributed by atoms with van der Waals surface area (Å²) >= 11 is 18.3. The molecule has 35 heavy (non-hydrogen) atoms. The molecule has 0 atom stereocenters. The van der Waals surface area contributed by atoms with Crippen molar-refractivity contribution in [2.24, 2.45) is 0 Å². The zero-order chi connectivity index (χ0) is 24.6. The van der Waals surface area contributed by atoms with Crippen LogP contribution in [-0.4, -0.2) is 48.9 Å². The lowest BCUT2D eigenvalue weighted by atomic mass is 10.1. The van der Waals surface area contributed by atoms with Crippen LogP contribution in [0.4, 0.5) is 5.82 Å². The molecule has 4 aromatic rings. The van der Waals surface area contributed by atoms with E-state index in [9.17, 15) is 8.42 Å². The van der Waals surface area contributed by atoms with Crippen molar-refractivity contribution in [1.29, 1.82) is 0 Å². The normalized spacial score (nSPS) is 15.3. The molecule has 0 spiro atoms. The molecule has 1 aliphatic heterocycles. The molecule has 1 aromatic heterocycles. The Balaban J connectivity index is 1.49. The average Bonchev–Trinajstić information content (AvgIpc) is 3.13. The summed E-state index contributed by atoms with van der Waals surface area (Å²) in [6, 6.07) is 20.3. The number of anilines is 1. The van der Waals surface area contributed by atoms with E-state index in [0.717, 1.165) is 28.1 Å². The summed E-state index contributed by atoms with van der Waals surface area (Å²) in [4.78, 5) is 11.9. The molecule has 0 saturated carbocycles. The number of fused-ring (bicyclic) bond motifs is 1. The summed E-state index contributed by atoms with van der Waals surface area (Å²) in [5.41, 5.74) is 3.33. The Morgan fingerprint density at radius 2 is 1.37 bits per heavy atom. The lowest BCUT2D eigenvalue weighted by Gasteiger charge is -2.25. The van der Waals surface area contributed by atoms with Crippen LogP contribution in [-0.2, 0) is 10.0 Å². The van der Waals surface area contributed by atoms with Gasteiger partial charge in [0.1, 0.15) is 10.6 Å². The van der Waals surface area contributed by atoms with E-state index in [0.29, 0.717) is 26.1 Å². The predicted octanol–water partition coefficient (Wildman–Crippen LogP) is 6.16. The smallest absolute Gasteiger partial charge is 0.244 e. The maximum absolute atomic E-state index is 13.4. The van der Waals surface area contributed by atoms with Gasteiger partial charge in [-0.25, -0.2) is 18.4 Å². The molecule has 2 heterocycles. The number of nitrogens with zero attached hydrogens (tertiary/aromatic N) is 4. The first-order chi connectivity index (χ1) is 16.8. The van der Waals surface area contributed by atoms with Gasteiger partial charge >= 0.3 is 0 Å². The van der Waals surface area contributed by atoms with Crippen molar-refractivity contribution in [3.8, 4) is 11.3 Å². The minimum atomic E-state index is -3.86. The van der Waals surface area contributed by atoms with Crippen LogP contribution in [0.15, 0.2) is 71.6 Å². The highest BCUT2D eigenvalue weighted by atomic mass is 35.5. The monoisotopic (exact) mass is 546 g/mol. The number of hydrogen-bond donors (Lipinski definition) is 0. The summed E-state index contributed by atoms with van der Waals surface area (Å²) in [6.07, 6.45) is 0.612. The van der Waals surface area contributed by atoms with Crippen molar-refractivity contribution in [3.63, 3.8) is 0 Å². The molecule has 0 radical (unpaired) electrons. The number of sulfonamides is 1. The van der Waals surface area contributed by atoms with Gasteiger partial charge in [0.05, 0.1) is 26.1 Å². The Morgan fingerprint density at radius 3 is 2.11 bits per heavy atom. The molecule has 1 saturated heterocycles. The molecule has 3 aromatic carbocycles. The highest BCUT2D eigenvalue weighted by Gasteiger charge is 2.30. The van der Waals surface area contributed by atoms with Crippen LogP contribution in [0.25, 0.3) is 22.3 Å². The highest BCUT2D eigenvalue weighted by molar-refractivity contribution is 7.89. The van der Waals surface area contributed by atoms with E-state index >= 15 is 0 Å². The molecule has 0 unspecified atom stereocenters. The van der Waals surface area contributed by atoms with E-state index in [4.69, 9.17) is 44.8 Å². The van der Waals surface area contributed by atoms with Gasteiger partial charge in [0.15, 0.2) is 5.82 Å². The number of aromatic nitrogens is 2. The first-order valence-electron chi connectivity index (χ1n) is 11.1. The molecule has 10 heteroatoms. The third kappa shape index (κ3) is 4.84. The van der Waals surface area contributed by atoms with Crippen molar-refractivity contribution in [2.75, 3.05) is 31.1 Å². The molecular weight excluding hydrogens is 527 g/mol. The fraction of sp³-hybridized carbons (Fsp3) is 0.200. The van der Waals surface area contributed by atoms with Gasteiger partial charge in [-0.3, -0.25) is 0 Å². The maximum atomic E-state index is 13.4. The molecule has 1 aliphatic rings. The van der Waals surface area contributed by atoms with Crippen LogP contribution >= 0.6 is 34.8 Å². The molecule has 1 fully saturated rings. The fourth-order valence-electron chi connectivity index (χ4n) is 4.19. The number of halogens is 3. The van der Waals surface area contributed by atoms with E-state index in [1.807, 2.05) is 54.6 Å². The average molecular weight is 548 g/mol.